The summed E-state index contributed by atoms with van der Waals surface area (Å²) in [5, 5.41) is 12.7. The zero-order valence-corrected chi connectivity index (χ0v) is 20.2. The van der Waals surface area contributed by atoms with Gasteiger partial charge in [0, 0.05) is 26.2 Å². The Labute approximate surface area is 200 Å². The minimum Gasteiger partial charge on any atom is -0.497 e. The van der Waals surface area contributed by atoms with Gasteiger partial charge in [0.25, 0.3) is 0 Å². The lowest BCUT2D eigenvalue weighted by atomic mass is 10.0. The molecule has 1 unspecified atom stereocenters. The van der Waals surface area contributed by atoms with Crippen molar-refractivity contribution in [1.29, 1.82) is 0 Å². The number of halogens is 2. The number of methoxy groups -OCH3 is 1. The number of ether oxygens (including phenoxy) is 1. The molecule has 1 saturated heterocycles. The summed E-state index contributed by atoms with van der Waals surface area (Å²) in [6, 6.07) is 15.1. The standard InChI is InChI=1S/C24H31FN6O.ClH/c1-18(2)16-23(30-14-12-29(13-15-30)22-7-5-4-6-21(22)25)24-26-27-28-31(24)17-19-8-10-20(32-3)11-9-19;/h4-11,18,23H,12-17H2,1-3H3;1H. The Kier molecular flexibility index (Phi) is 8.63. The molecule has 4 rings (SSSR count). The van der Waals surface area contributed by atoms with E-state index in [9.17, 15) is 4.39 Å². The van der Waals surface area contributed by atoms with Crippen molar-refractivity contribution in [3.8, 4) is 5.75 Å². The predicted octanol–water partition coefficient (Wildman–Crippen LogP) is 4.20. The number of aromatic nitrogens is 4. The van der Waals surface area contributed by atoms with E-state index in [4.69, 9.17) is 4.74 Å². The summed E-state index contributed by atoms with van der Waals surface area (Å²) in [6.45, 7) is 8.27. The fraction of sp³-hybridized carbons (Fsp3) is 0.458. The van der Waals surface area contributed by atoms with E-state index in [0.29, 0.717) is 18.2 Å². The van der Waals surface area contributed by atoms with Crippen molar-refractivity contribution in [2.45, 2.75) is 32.9 Å². The lowest BCUT2D eigenvalue weighted by molar-refractivity contribution is 0.153. The maximum atomic E-state index is 14.2. The fourth-order valence-electron chi connectivity index (χ4n) is 4.31. The van der Waals surface area contributed by atoms with Gasteiger partial charge in [-0.15, -0.1) is 17.5 Å². The summed E-state index contributed by atoms with van der Waals surface area (Å²) >= 11 is 0. The molecule has 1 atom stereocenters. The van der Waals surface area contributed by atoms with Gasteiger partial charge in [0.2, 0.25) is 0 Å². The van der Waals surface area contributed by atoms with Crippen LogP contribution in [0, 0.1) is 11.7 Å². The van der Waals surface area contributed by atoms with E-state index < -0.39 is 0 Å². The molecule has 33 heavy (non-hydrogen) atoms. The van der Waals surface area contributed by atoms with Crippen molar-refractivity contribution in [2.75, 3.05) is 38.2 Å². The Bertz CT molecular complexity index is 1000. The number of hydrogen-bond acceptors (Lipinski definition) is 6. The van der Waals surface area contributed by atoms with E-state index in [1.165, 1.54) is 6.07 Å². The van der Waals surface area contributed by atoms with Crippen molar-refractivity contribution < 1.29 is 9.13 Å². The summed E-state index contributed by atoms with van der Waals surface area (Å²) < 4.78 is 21.4. The predicted molar refractivity (Wildman–Crippen MR) is 130 cm³/mol. The van der Waals surface area contributed by atoms with E-state index in [1.807, 2.05) is 41.1 Å². The van der Waals surface area contributed by atoms with E-state index in [-0.39, 0.29) is 24.3 Å². The summed E-state index contributed by atoms with van der Waals surface area (Å²) in [5.41, 5.74) is 1.80. The van der Waals surface area contributed by atoms with Crippen LogP contribution < -0.4 is 9.64 Å². The average molecular weight is 475 g/mol. The third-order valence-corrected chi connectivity index (χ3v) is 5.99. The SMILES string of the molecule is COc1ccc(Cn2nnnc2C(CC(C)C)N2CCN(c3ccccc3F)CC2)cc1.Cl. The van der Waals surface area contributed by atoms with Crippen LogP contribution in [0.4, 0.5) is 10.1 Å². The molecule has 1 fully saturated rings. The number of para-hydroxylation sites is 1. The van der Waals surface area contributed by atoms with Crippen molar-refractivity contribution in [1.82, 2.24) is 25.1 Å². The van der Waals surface area contributed by atoms with Gasteiger partial charge in [-0.25, -0.2) is 9.07 Å². The lowest BCUT2D eigenvalue weighted by Gasteiger charge is -2.40. The molecule has 1 aromatic heterocycles. The summed E-state index contributed by atoms with van der Waals surface area (Å²) in [4.78, 5) is 4.56. The highest BCUT2D eigenvalue weighted by Crippen LogP contribution is 2.29. The van der Waals surface area contributed by atoms with Crippen LogP contribution in [-0.2, 0) is 6.54 Å². The monoisotopic (exact) mass is 474 g/mol. The molecule has 0 aliphatic carbocycles. The Morgan fingerprint density at radius 2 is 1.70 bits per heavy atom. The maximum Gasteiger partial charge on any atom is 0.168 e. The van der Waals surface area contributed by atoms with Crippen LogP contribution in [0.2, 0.25) is 0 Å². The Morgan fingerprint density at radius 3 is 2.33 bits per heavy atom. The van der Waals surface area contributed by atoms with Crippen LogP contribution in [0.15, 0.2) is 48.5 Å². The molecule has 0 radical (unpaired) electrons. The van der Waals surface area contributed by atoms with Gasteiger partial charge in [-0.3, -0.25) is 4.90 Å². The van der Waals surface area contributed by atoms with Crippen molar-refractivity contribution in [2.24, 2.45) is 5.92 Å². The molecule has 0 bridgehead atoms. The van der Waals surface area contributed by atoms with Crippen LogP contribution in [0.1, 0.15) is 37.7 Å². The van der Waals surface area contributed by atoms with Gasteiger partial charge >= 0.3 is 0 Å². The van der Waals surface area contributed by atoms with Gasteiger partial charge in [-0.05, 0) is 52.6 Å². The molecule has 1 aliphatic rings. The molecule has 0 spiro atoms. The Morgan fingerprint density at radius 1 is 1.00 bits per heavy atom. The van der Waals surface area contributed by atoms with Crippen molar-refractivity contribution >= 4 is 18.1 Å². The topological polar surface area (TPSA) is 59.3 Å². The number of hydrogen-bond donors (Lipinski definition) is 0. The molecule has 9 heteroatoms. The molecule has 0 N–H and O–H groups in total. The number of tetrazole rings is 1. The highest BCUT2D eigenvalue weighted by atomic mass is 35.5. The zero-order chi connectivity index (χ0) is 22.5. The largest absolute Gasteiger partial charge is 0.497 e. The molecule has 0 saturated carbocycles. The summed E-state index contributed by atoms with van der Waals surface area (Å²) in [6.07, 6.45) is 0.961. The number of piperazine rings is 1. The van der Waals surface area contributed by atoms with Crippen LogP contribution in [0.5, 0.6) is 5.75 Å². The fourth-order valence-corrected chi connectivity index (χ4v) is 4.31. The van der Waals surface area contributed by atoms with Crippen LogP contribution in [0.3, 0.4) is 0 Å². The molecular weight excluding hydrogens is 443 g/mol. The van der Waals surface area contributed by atoms with E-state index >= 15 is 0 Å². The normalized spacial score (nSPS) is 15.4. The minimum absolute atomic E-state index is 0. The van der Waals surface area contributed by atoms with Crippen LogP contribution >= 0.6 is 12.4 Å². The number of anilines is 1. The second kappa shape index (κ2) is 11.4. The third kappa shape index (κ3) is 6.00. The first-order valence-electron chi connectivity index (χ1n) is 11.2. The molecule has 178 valence electrons. The first-order chi connectivity index (χ1) is 15.5. The van der Waals surface area contributed by atoms with Gasteiger partial charge in [-0.2, -0.15) is 0 Å². The molecule has 2 aromatic carbocycles. The molecule has 1 aliphatic heterocycles. The summed E-state index contributed by atoms with van der Waals surface area (Å²) in [5.74, 6) is 2.05. The van der Waals surface area contributed by atoms with Crippen molar-refractivity contribution in [3.63, 3.8) is 0 Å². The van der Waals surface area contributed by atoms with Gasteiger partial charge in [0.05, 0.1) is 25.4 Å². The number of benzene rings is 2. The zero-order valence-electron chi connectivity index (χ0n) is 19.4. The van der Waals surface area contributed by atoms with Gasteiger partial charge in [0.1, 0.15) is 11.6 Å². The van der Waals surface area contributed by atoms with E-state index in [2.05, 4.69) is 39.2 Å². The van der Waals surface area contributed by atoms with Gasteiger partial charge in [-0.1, -0.05) is 38.1 Å². The van der Waals surface area contributed by atoms with E-state index in [1.54, 1.807) is 13.2 Å². The van der Waals surface area contributed by atoms with Gasteiger partial charge in [0.15, 0.2) is 5.82 Å². The quantitative estimate of drug-likeness (QED) is 0.487. The Balaban J connectivity index is 0.00000306. The highest BCUT2D eigenvalue weighted by Gasteiger charge is 2.30. The maximum absolute atomic E-state index is 14.2. The first-order valence-corrected chi connectivity index (χ1v) is 11.2. The second-order valence-corrected chi connectivity index (χ2v) is 8.66. The second-order valence-electron chi connectivity index (χ2n) is 8.66. The van der Waals surface area contributed by atoms with Gasteiger partial charge < -0.3 is 9.64 Å². The third-order valence-electron chi connectivity index (χ3n) is 5.99. The van der Waals surface area contributed by atoms with Crippen LogP contribution in [0.25, 0.3) is 0 Å². The Hall–Kier alpha value is -2.71. The highest BCUT2D eigenvalue weighted by molar-refractivity contribution is 5.85. The molecule has 7 nitrogen and oxygen atoms in total. The smallest absolute Gasteiger partial charge is 0.168 e. The van der Waals surface area contributed by atoms with Crippen LogP contribution in [-0.4, -0.2) is 58.4 Å². The van der Waals surface area contributed by atoms with Crippen molar-refractivity contribution in [3.05, 3.63) is 65.7 Å². The number of nitrogens with zero attached hydrogens (tertiary/aromatic N) is 6. The molecule has 3 aromatic rings. The molecule has 0 amide bonds. The molecule has 2 heterocycles. The summed E-state index contributed by atoms with van der Waals surface area (Å²) in [7, 11) is 1.66. The first kappa shape index (κ1) is 24.9. The number of rotatable bonds is 8. The average Bonchev–Trinajstić information content (AvgIpc) is 3.26. The minimum atomic E-state index is -0.164. The molecular formula is C24H32ClFN6O. The lowest BCUT2D eigenvalue weighted by Crippen LogP contribution is -2.48. The van der Waals surface area contributed by atoms with E-state index in [0.717, 1.165) is 49.7 Å².